The van der Waals surface area contributed by atoms with Crippen LogP contribution >= 0.6 is 24.8 Å². The molecule has 1 N–H and O–H groups in total. The maximum atomic E-state index is 12.3. The average molecular weight is 348 g/mol. The summed E-state index contributed by atoms with van der Waals surface area (Å²) in [4.78, 5) is 16.6. The summed E-state index contributed by atoms with van der Waals surface area (Å²) in [5, 5.41) is 3.21. The first-order valence-electron chi connectivity index (χ1n) is 7.26. The molecule has 0 bridgehead atoms. The second kappa shape index (κ2) is 9.20. The van der Waals surface area contributed by atoms with Crippen LogP contribution in [-0.4, -0.2) is 62.8 Å². The van der Waals surface area contributed by atoms with Crippen LogP contribution in [0, 0.1) is 0 Å². The van der Waals surface area contributed by atoms with Gasteiger partial charge in [-0.1, -0.05) is 18.2 Å². The summed E-state index contributed by atoms with van der Waals surface area (Å²) in [6.45, 7) is 5.41. The van der Waals surface area contributed by atoms with Gasteiger partial charge in [-0.05, 0) is 12.1 Å². The van der Waals surface area contributed by atoms with Crippen LogP contribution < -0.4 is 10.2 Å². The van der Waals surface area contributed by atoms with E-state index in [2.05, 4.69) is 22.3 Å². The van der Waals surface area contributed by atoms with E-state index in [-0.39, 0.29) is 36.8 Å². The van der Waals surface area contributed by atoms with Crippen molar-refractivity contribution in [1.82, 2.24) is 10.2 Å². The minimum Gasteiger partial charge on any atom is -0.368 e. The highest BCUT2D eigenvalue weighted by Gasteiger charge is 2.29. The van der Waals surface area contributed by atoms with Crippen molar-refractivity contribution in [2.75, 3.05) is 50.8 Å². The van der Waals surface area contributed by atoms with Crippen molar-refractivity contribution < 1.29 is 9.53 Å². The Kier molecular flexibility index (Phi) is 7.96. The predicted molar refractivity (Wildman–Crippen MR) is 92.3 cm³/mol. The number of morpholine rings is 1. The third-order valence-electron chi connectivity index (χ3n) is 3.92. The minimum atomic E-state index is -0.299. The molecular weight excluding hydrogens is 325 g/mol. The lowest BCUT2D eigenvalue weighted by molar-refractivity contribution is -0.145. The van der Waals surface area contributed by atoms with Crippen LogP contribution in [0.25, 0.3) is 0 Å². The molecule has 22 heavy (non-hydrogen) atoms. The number of anilines is 1. The number of halogens is 2. The maximum absolute atomic E-state index is 12.3. The Morgan fingerprint density at radius 3 is 2.36 bits per heavy atom. The van der Waals surface area contributed by atoms with Crippen LogP contribution in [0.3, 0.4) is 0 Å². The molecule has 0 saturated carbocycles. The van der Waals surface area contributed by atoms with E-state index in [4.69, 9.17) is 4.74 Å². The van der Waals surface area contributed by atoms with Gasteiger partial charge in [-0.25, -0.2) is 0 Å². The summed E-state index contributed by atoms with van der Waals surface area (Å²) in [5.41, 5.74) is 1.23. The Bertz CT molecular complexity index is 447. The van der Waals surface area contributed by atoms with E-state index in [0.29, 0.717) is 13.2 Å². The number of rotatable bonds is 2. The number of amides is 1. The molecule has 3 rings (SSSR count). The lowest BCUT2D eigenvalue weighted by atomic mass is 10.2. The molecule has 1 atom stereocenters. The van der Waals surface area contributed by atoms with Crippen LogP contribution in [0.1, 0.15) is 0 Å². The number of carbonyl (C=O) groups is 1. The lowest BCUT2D eigenvalue weighted by Crippen LogP contribution is -2.55. The highest BCUT2D eigenvalue weighted by atomic mass is 35.5. The molecule has 0 aromatic heterocycles. The smallest absolute Gasteiger partial charge is 0.253 e. The zero-order valence-corrected chi connectivity index (χ0v) is 14.1. The fourth-order valence-corrected chi connectivity index (χ4v) is 2.75. The Hall–Kier alpha value is -1.01. The van der Waals surface area contributed by atoms with Crippen LogP contribution in [0.4, 0.5) is 5.69 Å². The highest BCUT2D eigenvalue weighted by Crippen LogP contribution is 2.16. The summed E-state index contributed by atoms with van der Waals surface area (Å²) >= 11 is 0. The normalized spacial score (nSPS) is 21.5. The van der Waals surface area contributed by atoms with Gasteiger partial charge in [0.15, 0.2) is 0 Å². The number of piperazine rings is 1. The molecule has 2 saturated heterocycles. The zero-order valence-electron chi connectivity index (χ0n) is 12.4. The SMILES string of the molecule is Cl.Cl.O=C(C1CNCCO1)N1CCN(c2ccccc2)CC1. The molecule has 2 heterocycles. The molecule has 1 unspecified atom stereocenters. The van der Waals surface area contributed by atoms with Crippen LogP contribution in [0.2, 0.25) is 0 Å². The molecule has 2 aliphatic heterocycles. The third-order valence-corrected chi connectivity index (χ3v) is 3.92. The van der Waals surface area contributed by atoms with Gasteiger partial charge in [0.25, 0.3) is 5.91 Å². The van der Waals surface area contributed by atoms with Crippen molar-refractivity contribution in [2.45, 2.75) is 6.10 Å². The van der Waals surface area contributed by atoms with Crippen LogP contribution in [0.15, 0.2) is 30.3 Å². The molecule has 2 aliphatic rings. The minimum absolute atomic E-state index is 0. The third kappa shape index (κ3) is 4.49. The van der Waals surface area contributed by atoms with Gasteiger partial charge in [0.1, 0.15) is 6.10 Å². The van der Waals surface area contributed by atoms with E-state index in [1.54, 1.807) is 0 Å². The largest absolute Gasteiger partial charge is 0.368 e. The van der Waals surface area contributed by atoms with Gasteiger partial charge in [-0.2, -0.15) is 0 Å². The number of nitrogens with one attached hydrogen (secondary N) is 1. The Labute approximate surface area is 143 Å². The molecule has 124 valence electrons. The van der Waals surface area contributed by atoms with Crippen molar-refractivity contribution in [3.8, 4) is 0 Å². The molecule has 0 spiro atoms. The Morgan fingerprint density at radius 1 is 1.09 bits per heavy atom. The molecule has 1 aromatic rings. The molecule has 5 nitrogen and oxygen atoms in total. The Morgan fingerprint density at radius 2 is 1.77 bits per heavy atom. The van der Waals surface area contributed by atoms with Crippen molar-refractivity contribution in [1.29, 1.82) is 0 Å². The van der Waals surface area contributed by atoms with Gasteiger partial charge in [0.2, 0.25) is 0 Å². The standard InChI is InChI=1S/C15H21N3O2.2ClH/c19-15(14-12-16-6-11-20-14)18-9-7-17(8-10-18)13-4-2-1-3-5-13;;/h1-5,14,16H,6-12H2;2*1H. The Balaban J connectivity index is 0.00000121. The van der Waals surface area contributed by atoms with Gasteiger partial charge in [-0.15, -0.1) is 24.8 Å². The summed E-state index contributed by atoms with van der Waals surface area (Å²) in [6, 6.07) is 10.4. The molecular formula is C15H23Cl2N3O2. The second-order valence-electron chi connectivity index (χ2n) is 5.21. The summed E-state index contributed by atoms with van der Waals surface area (Å²) in [7, 11) is 0. The van der Waals surface area contributed by atoms with Crippen molar-refractivity contribution in [3.05, 3.63) is 30.3 Å². The summed E-state index contributed by atoms with van der Waals surface area (Å²) in [6.07, 6.45) is -0.299. The van der Waals surface area contributed by atoms with Gasteiger partial charge in [0.05, 0.1) is 6.61 Å². The van der Waals surface area contributed by atoms with Crippen LogP contribution in [-0.2, 0) is 9.53 Å². The van der Waals surface area contributed by atoms with E-state index in [1.807, 2.05) is 23.1 Å². The average Bonchev–Trinajstić information content (AvgIpc) is 2.56. The second-order valence-corrected chi connectivity index (χ2v) is 5.21. The van der Waals surface area contributed by atoms with Crippen LogP contribution in [0.5, 0.6) is 0 Å². The summed E-state index contributed by atoms with van der Waals surface area (Å²) < 4.78 is 5.54. The highest BCUT2D eigenvalue weighted by molar-refractivity contribution is 5.85. The number of carbonyl (C=O) groups excluding carboxylic acids is 1. The maximum Gasteiger partial charge on any atom is 0.253 e. The predicted octanol–water partition coefficient (Wildman–Crippen LogP) is 1.17. The molecule has 7 heteroatoms. The molecule has 2 fully saturated rings. The number of nitrogens with zero attached hydrogens (tertiary/aromatic N) is 2. The fraction of sp³-hybridized carbons (Fsp3) is 0.533. The number of para-hydroxylation sites is 1. The number of hydrogen-bond donors (Lipinski definition) is 1. The van der Waals surface area contributed by atoms with Gasteiger partial charge >= 0.3 is 0 Å². The molecule has 0 radical (unpaired) electrons. The number of hydrogen-bond acceptors (Lipinski definition) is 4. The van der Waals surface area contributed by atoms with Gasteiger partial charge in [0, 0.05) is 45.0 Å². The fourth-order valence-electron chi connectivity index (χ4n) is 2.75. The van der Waals surface area contributed by atoms with E-state index in [9.17, 15) is 4.79 Å². The first-order chi connectivity index (χ1) is 9.84. The topological polar surface area (TPSA) is 44.8 Å². The van der Waals surface area contributed by atoms with Gasteiger partial charge < -0.3 is 19.9 Å². The first-order valence-corrected chi connectivity index (χ1v) is 7.26. The zero-order chi connectivity index (χ0) is 13.8. The van der Waals surface area contributed by atoms with Crippen molar-refractivity contribution in [2.24, 2.45) is 0 Å². The van der Waals surface area contributed by atoms with Gasteiger partial charge in [-0.3, -0.25) is 4.79 Å². The molecule has 1 aromatic carbocycles. The number of ether oxygens (including phenoxy) is 1. The van der Waals surface area contributed by atoms with E-state index in [0.717, 1.165) is 32.7 Å². The van der Waals surface area contributed by atoms with E-state index in [1.165, 1.54) is 5.69 Å². The molecule has 0 aliphatic carbocycles. The monoisotopic (exact) mass is 347 g/mol. The number of benzene rings is 1. The van der Waals surface area contributed by atoms with E-state index < -0.39 is 0 Å². The lowest BCUT2D eigenvalue weighted by Gasteiger charge is -2.38. The van der Waals surface area contributed by atoms with E-state index >= 15 is 0 Å². The van der Waals surface area contributed by atoms with Crippen molar-refractivity contribution >= 4 is 36.4 Å². The quantitative estimate of drug-likeness (QED) is 0.872. The van der Waals surface area contributed by atoms with Crippen molar-refractivity contribution in [3.63, 3.8) is 0 Å². The summed E-state index contributed by atoms with van der Waals surface area (Å²) in [5.74, 6) is 0.130. The molecule has 1 amide bonds. The first kappa shape index (κ1) is 19.0.